The van der Waals surface area contributed by atoms with Crippen molar-refractivity contribution in [1.82, 2.24) is 10.2 Å². The molecule has 0 aliphatic carbocycles. The van der Waals surface area contributed by atoms with Gasteiger partial charge in [-0.1, -0.05) is 18.2 Å². The topological polar surface area (TPSA) is 76.6 Å². The third kappa shape index (κ3) is 5.38. The van der Waals surface area contributed by atoms with Crippen LogP contribution in [0.2, 0.25) is 0 Å². The number of ether oxygens (including phenoxy) is 2. The Morgan fingerprint density at radius 3 is 2.45 bits per heavy atom. The highest BCUT2D eigenvalue weighted by atomic mass is 16.5. The number of hydrogen-bond donors (Lipinski definition) is 1. The molecule has 4 rings (SSSR count). The molecule has 0 radical (unpaired) electrons. The monoisotopic (exact) mass is 418 g/mol. The Kier molecular flexibility index (Phi) is 6.43. The van der Waals surface area contributed by atoms with Crippen molar-refractivity contribution in [3.8, 4) is 17.0 Å². The predicted molar refractivity (Wildman–Crippen MR) is 121 cm³/mol. The fourth-order valence-electron chi connectivity index (χ4n) is 3.31. The van der Waals surface area contributed by atoms with E-state index in [-0.39, 0.29) is 12.5 Å². The molecule has 7 heteroatoms. The molecule has 1 fully saturated rings. The molecule has 7 nitrogen and oxygen atoms in total. The average Bonchev–Trinajstić information content (AvgIpc) is 2.81. The van der Waals surface area contributed by atoms with Gasteiger partial charge in [0, 0.05) is 24.3 Å². The Morgan fingerprint density at radius 1 is 1.00 bits per heavy atom. The van der Waals surface area contributed by atoms with Crippen molar-refractivity contribution in [1.29, 1.82) is 0 Å². The van der Waals surface area contributed by atoms with Crippen LogP contribution in [0.15, 0.2) is 54.6 Å². The second-order valence-corrected chi connectivity index (χ2v) is 7.54. The Bertz CT molecular complexity index is 1030. The van der Waals surface area contributed by atoms with Crippen LogP contribution >= 0.6 is 0 Å². The van der Waals surface area contributed by atoms with Crippen LogP contribution in [0.25, 0.3) is 11.3 Å². The molecule has 0 saturated carbocycles. The van der Waals surface area contributed by atoms with Crippen molar-refractivity contribution >= 4 is 17.4 Å². The number of hydrogen-bond acceptors (Lipinski definition) is 6. The molecule has 31 heavy (non-hydrogen) atoms. The largest absolute Gasteiger partial charge is 0.484 e. The van der Waals surface area contributed by atoms with Crippen LogP contribution in [0.1, 0.15) is 11.1 Å². The minimum atomic E-state index is -0.208. The Balaban J connectivity index is 1.32. The molecular formula is C24H26N4O3. The minimum Gasteiger partial charge on any atom is -0.484 e. The van der Waals surface area contributed by atoms with Crippen LogP contribution in [-0.2, 0) is 9.53 Å². The summed E-state index contributed by atoms with van der Waals surface area (Å²) in [6.07, 6.45) is 0. The molecular weight excluding hydrogens is 392 g/mol. The van der Waals surface area contributed by atoms with Crippen LogP contribution in [0, 0.1) is 13.8 Å². The molecule has 2 aromatic carbocycles. The minimum absolute atomic E-state index is 0.0429. The summed E-state index contributed by atoms with van der Waals surface area (Å²) in [5.41, 5.74) is 4.75. The first-order valence-corrected chi connectivity index (χ1v) is 10.4. The summed E-state index contributed by atoms with van der Waals surface area (Å²) in [6, 6.07) is 17.3. The Morgan fingerprint density at radius 2 is 1.77 bits per heavy atom. The predicted octanol–water partition coefficient (Wildman–Crippen LogP) is 3.61. The van der Waals surface area contributed by atoms with Crippen molar-refractivity contribution in [2.45, 2.75) is 13.8 Å². The van der Waals surface area contributed by atoms with E-state index >= 15 is 0 Å². The lowest BCUT2D eigenvalue weighted by Crippen LogP contribution is -2.36. The van der Waals surface area contributed by atoms with Gasteiger partial charge in [0.05, 0.1) is 18.9 Å². The van der Waals surface area contributed by atoms with Crippen molar-refractivity contribution < 1.29 is 14.3 Å². The summed E-state index contributed by atoms with van der Waals surface area (Å²) in [5.74, 6) is 1.34. The highest BCUT2D eigenvalue weighted by Crippen LogP contribution is 2.21. The maximum absolute atomic E-state index is 12.2. The number of nitrogens with one attached hydrogen (secondary N) is 1. The zero-order chi connectivity index (χ0) is 21.6. The number of amides is 1. The standard InChI is InChI=1S/C24H26N4O3/c1-17-3-8-21(15-18(17)2)31-16-24(29)25-20-6-4-19(5-7-20)22-9-10-23(27-26-22)28-11-13-30-14-12-28/h3-10,15H,11-14,16H2,1-2H3,(H,25,29). The van der Waals surface area contributed by atoms with Crippen LogP contribution in [0.5, 0.6) is 5.75 Å². The highest BCUT2D eigenvalue weighted by molar-refractivity contribution is 5.92. The number of aromatic nitrogens is 2. The van der Waals surface area contributed by atoms with Gasteiger partial charge in [0.25, 0.3) is 5.91 Å². The van der Waals surface area contributed by atoms with E-state index in [1.807, 2.05) is 68.4 Å². The van der Waals surface area contributed by atoms with Gasteiger partial charge in [-0.15, -0.1) is 10.2 Å². The van der Waals surface area contributed by atoms with Gasteiger partial charge in [-0.25, -0.2) is 0 Å². The molecule has 0 bridgehead atoms. The van der Waals surface area contributed by atoms with E-state index in [0.717, 1.165) is 35.7 Å². The average molecular weight is 418 g/mol. The van der Waals surface area contributed by atoms with Crippen molar-refractivity contribution in [3.05, 3.63) is 65.7 Å². The van der Waals surface area contributed by atoms with Gasteiger partial charge in [0.1, 0.15) is 5.75 Å². The zero-order valence-electron chi connectivity index (χ0n) is 17.8. The lowest BCUT2D eigenvalue weighted by molar-refractivity contribution is -0.118. The fourth-order valence-corrected chi connectivity index (χ4v) is 3.31. The lowest BCUT2D eigenvalue weighted by atomic mass is 10.1. The fraction of sp³-hybridized carbons (Fsp3) is 0.292. The zero-order valence-corrected chi connectivity index (χ0v) is 17.8. The van der Waals surface area contributed by atoms with Crippen LogP contribution in [-0.4, -0.2) is 49.0 Å². The first kappa shape index (κ1) is 20.8. The molecule has 1 aliphatic rings. The molecule has 1 aliphatic heterocycles. The summed E-state index contributed by atoms with van der Waals surface area (Å²) in [7, 11) is 0. The molecule has 1 aromatic heterocycles. The Labute approximate surface area is 182 Å². The molecule has 2 heterocycles. The van der Waals surface area contributed by atoms with Crippen molar-refractivity contribution in [2.75, 3.05) is 43.1 Å². The highest BCUT2D eigenvalue weighted by Gasteiger charge is 2.13. The smallest absolute Gasteiger partial charge is 0.262 e. The van der Waals surface area contributed by atoms with Crippen molar-refractivity contribution in [3.63, 3.8) is 0 Å². The maximum atomic E-state index is 12.2. The molecule has 1 saturated heterocycles. The van der Waals surface area contributed by atoms with Crippen LogP contribution in [0.3, 0.4) is 0 Å². The van der Waals surface area contributed by atoms with E-state index in [9.17, 15) is 4.79 Å². The first-order valence-electron chi connectivity index (χ1n) is 10.4. The number of carbonyl (C=O) groups is 1. The summed E-state index contributed by atoms with van der Waals surface area (Å²) in [5, 5.41) is 11.5. The number of nitrogens with zero attached hydrogens (tertiary/aromatic N) is 3. The molecule has 1 N–H and O–H groups in total. The van der Waals surface area contributed by atoms with Gasteiger partial charge in [-0.2, -0.15) is 0 Å². The van der Waals surface area contributed by atoms with Crippen LogP contribution < -0.4 is 15.0 Å². The van der Waals surface area contributed by atoms with E-state index in [1.54, 1.807) is 0 Å². The lowest BCUT2D eigenvalue weighted by Gasteiger charge is -2.27. The van der Waals surface area contributed by atoms with Gasteiger partial charge in [0.15, 0.2) is 12.4 Å². The number of rotatable bonds is 6. The van der Waals surface area contributed by atoms with E-state index in [2.05, 4.69) is 20.4 Å². The van der Waals surface area contributed by atoms with E-state index < -0.39 is 0 Å². The number of carbonyl (C=O) groups excluding carboxylic acids is 1. The number of aryl methyl sites for hydroxylation is 2. The second-order valence-electron chi connectivity index (χ2n) is 7.54. The van der Waals surface area contributed by atoms with Gasteiger partial charge in [-0.3, -0.25) is 4.79 Å². The SMILES string of the molecule is Cc1ccc(OCC(=O)Nc2ccc(-c3ccc(N4CCOCC4)nn3)cc2)cc1C. The quantitative estimate of drug-likeness (QED) is 0.659. The molecule has 1 amide bonds. The first-order chi connectivity index (χ1) is 15.1. The number of benzene rings is 2. The third-order valence-corrected chi connectivity index (χ3v) is 5.30. The second kappa shape index (κ2) is 9.57. The normalized spacial score (nSPS) is 13.7. The molecule has 0 atom stereocenters. The van der Waals surface area contributed by atoms with Gasteiger partial charge >= 0.3 is 0 Å². The number of morpholine rings is 1. The summed E-state index contributed by atoms with van der Waals surface area (Å²) in [6.45, 7) is 7.10. The van der Waals surface area contributed by atoms with Crippen molar-refractivity contribution in [2.24, 2.45) is 0 Å². The van der Waals surface area contributed by atoms with Gasteiger partial charge in [0.2, 0.25) is 0 Å². The molecule has 0 unspecified atom stereocenters. The molecule has 160 valence electrons. The van der Waals surface area contributed by atoms with E-state index in [1.165, 1.54) is 5.56 Å². The third-order valence-electron chi connectivity index (χ3n) is 5.30. The molecule has 3 aromatic rings. The summed E-state index contributed by atoms with van der Waals surface area (Å²) >= 11 is 0. The van der Waals surface area contributed by atoms with Gasteiger partial charge < -0.3 is 19.7 Å². The van der Waals surface area contributed by atoms with Gasteiger partial charge in [-0.05, 0) is 61.4 Å². The summed E-state index contributed by atoms with van der Waals surface area (Å²) in [4.78, 5) is 14.4. The van der Waals surface area contributed by atoms with Crippen LogP contribution in [0.4, 0.5) is 11.5 Å². The van der Waals surface area contributed by atoms with E-state index in [4.69, 9.17) is 9.47 Å². The maximum Gasteiger partial charge on any atom is 0.262 e. The molecule has 0 spiro atoms. The Hall–Kier alpha value is -3.45. The number of anilines is 2. The van der Waals surface area contributed by atoms with E-state index in [0.29, 0.717) is 24.7 Å². The summed E-state index contributed by atoms with van der Waals surface area (Å²) < 4.78 is 11.0.